The number of non-ortho nitro benzene ring substituents is 1. The number of nitro benzene ring substituents is 1. The fourth-order valence-corrected chi connectivity index (χ4v) is 4.41. The number of piperidine rings is 1. The van der Waals surface area contributed by atoms with Crippen molar-refractivity contribution < 1.29 is 9.72 Å². The van der Waals surface area contributed by atoms with Gasteiger partial charge in [-0.05, 0) is 56.9 Å². The minimum Gasteiger partial charge on any atom is -0.357 e. The molecule has 1 aliphatic heterocycles. The molecule has 0 atom stereocenters. The molecule has 0 radical (unpaired) electrons. The Morgan fingerprint density at radius 2 is 1.56 bits per heavy atom. The number of aromatic nitrogens is 3. The van der Waals surface area contributed by atoms with Gasteiger partial charge in [-0.3, -0.25) is 14.9 Å². The van der Waals surface area contributed by atoms with Crippen LogP contribution in [0.25, 0.3) is 0 Å². The summed E-state index contributed by atoms with van der Waals surface area (Å²) in [6.07, 6.45) is 1.44. The maximum atomic E-state index is 12.8. The Kier molecular flexibility index (Phi) is 7.28. The van der Waals surface area contributed by atoms with E-state index in [1.165, 1.54) is 29.8 Å². The molecular weight excluding hydrogens is 460 g/mol. The molecule has 4 rings (SSSR count). The summed E-state index contributed by atoms with van der Waals surface area (Å²) < 4.78 is 0. The molecular formula is C25H30N8O3. The average Bonchev–Trinajstić information content (AvgIpc) is 2.86. The van der Waals surface area contributed by atoms with E-state index in [2.05, 4.69) is 50.0 Å². The summed E-state index contributed by atoms with van der Waals surface area (Å²) in [6, 6.07) is 10.0. The fourth-order valence-electron chi connectivity index (χ4n) is 4.41. The van der Waals surface area contributed by atoms with E-state index in [1.54, 1.807) is 11.9 Å². The lowest BCUT2D eigenvalue weighted by atomic mass is 10.0. The zero-order chi connectivity index (χ0) is 25.8. The van der Waals surface area contributed by atoms with Crippen molar-refractivity contribution in [3.8, 4) is 0 Å². The number of hydrogen-bond donors (Lipinski definition) is 3. The van der Waals surface area contributed by atoms with E-state index < -0.39 is 4.92 Å². The molecule has 0 aliphatic carbocycles. The molecule has 1 aliphatic rings. The summed E-state index contributed by atoms with van der Waals surface area (Å²) in [4.78, 5) is 38.4. The number of carbonyl (C=O) groups excluding carboxylic acids is 1. The Balaban J connectivity index is 1.41. The molecule has 1 aromatic heterocycles. The molecule has 0 bridgehead atoms. The van der Waals surface area contributed by atoms with Crippen molar-refractivity contribution in [2.75, 3.05) is 36.1 Å². The highest BCUT2D eigenvalue weighted by molar-refractivity contribution is 5.94. The molecule has 3 aromatic rings. The van der Waals surface area contributed by atoms with Gasteiger partial charge in [0.25, 0.3) is 11.6 Å². The maximum Gasteiger partial charge on any atom is 0.269 e. The number of anilines is 4. The molecule has 0 unspecified atom stereocenters. The van der Waals surface area contributed by atoms with E-state index >= 15 is 0 Å². The number of aryl methyl sites for hydroxylation is 3. The quantitative estimate of drug-likeness (QED) is 0.328. The molecule has 0 saturated carbocycles. The second-order valence-corrected chi connectivity index (χ2v) is 8.97. The van der Waals surface area contributed by atoms with Crippen LogP contribution in [0.15, 0.2) is 36.4 Å². The van der Waals surface area contributed by atoms with Gasteiger partial charge in [-0.15, -0.1) is 0 Å². The first-order chi connectivity index (χ1) is 17.2. The number of likely N-dealkylation sites (tertiary alicyclic amines) is 1. The Morgan fingerprint density at radius 3 is 2.14 bits per heavy atom. The van der Waals surface area contributed by atoms with Crippen LogP contribution >= 0.6 is 0 Å². The smallest absolute Gasteiger partial charge is 0.269 e. The van der Waals surface area contributed by atoms with Gasteiger partial charge >= 0.3 is 0 Å². The number of amides is 1. The molecule has 2 aromatic carbocycles. The lowest BCUT2D eigenvalue weighted by Crippen LogP contribution is -2.42. The third-order valence-electron chi connectivity index (χ3n) is 6.21. The lowest BCUT2D eigenvalue weighted by Gasteiger charge is -2.32. The van der Waals surface area contributed by atoms with Crippen LogP contribution in [0.4, 0.5) is 29.2 Å². The first-order valence-electron chi connectivity index (χ1n) is 11.8. The Labute approximate surface area is 209 Å². The van der Waals surface area contributed by atoms with E-state index in [4.69, 9.17) is 0 Å². The number of carbonyl (C=O) groups is 1. The Bertz CT molecular complexity index is 1250. The zero-order valence-electron chi connectivity index (χ0n) is 20.8. The summed E-state index contributed by atoms with van der Waals surface area (Å²) in [5, 5.41) is 20.5. The van der Waals surface area contributed by atoms with Gasteiger partial charge in [0, 0.05) is 49.6 Å². The molecule has 0 spiro atoms. The predicted molar refractivity (Wildman–Crippen MR) is 139 cm³/mol. The highest BCUT2D eigenvalue weighted by atomic mass is 16.6. The SMILES string of the molecule is CNc1nc(Nc2c(C)cc(C)cc2C)nc(NC2CCN(C(=O)c3ccc([N+](=O)[O-])cc3)CC2)n1. The van der Waals surface area contributed by atoms with Crippen molar-refractivity contribution in [2.24, 2.45) is 0 Å². The number of hydrogen-bond acceptors (Lipinski definition) is 9. The monoisotopic (exact) mass is 490 g/mol. The topological polar surface area (TPSA) is 138 Å². The highest BCUT2D eigenvalue weighted by Gasteiger charge is 2.25. The minimum atomic E-state index is -0.476. The first kappa shape index (κ1) is 24.8. The second kappa shape index (κ2) is 10.5. The van der Waals surface area contributed by atoms with Crippen molar-refractivity contribution in [1.29, 1.82) is 0 Å². The maximum absolute atomic E-state index is 12.8. The van der Waals surface area contributed by atoms with Crippen molar-refractivity contribution in [3.05, 3.63) is 68.8 Å². The third kappa shape index (κ3) is 5.68. The molecule has 36 heavy (non-hydrogen) atoms. The second-order valence-electron chi connectivity index (χ2n) is 8.97. The summed E-state index contributed by atoms with van der Waals surface area (Å²) in [6.45, 7) is 7.29. The number of nitrogens with one attached hydrogen (secondary N) is 3. The fraction of sp³-hybridized carbons (Fsp3) is 0.360. The molecule has 11 heteroatoms. The number of rotatable bonds is 7. The van der Waals surface area contributed by atoms with Gasteiger partial charge in [-0.25, -0.2) is 0 Å². The van der Waals surface area contributed by atoms with Crippen molar-refractivity contribution >= 4 is 35.1 Å². The van der Waals surface area contributed by atoms with Crippen molar-refractivity contribution in [3.63, 3.8) is 0 Å². The standard InChI is InChI=1S/C25H30N8O3/c1-15-13-16(2)21(17(3)14-15)28-25-30-23(26-4)29-24(31-25)27-19-9-11-32(12-10-19)22(34)18-5-7-20(8-6-18)33(35)36/h5-8,13-14,19H,9-12H2,1-4H3,(H3,26,27,28,29,30,31). The molecule has 1 fully saturated rings. The third-order valence-corrected chi connectivity index (χ3v) is 6.21. The van der Waals surface area contributed by atoms with Gasteiger partial charge in [0.15, 0.2) is 0 Å². The Morgan fingerprint density at radius 1 is 0.972 bits per heavy atom. The van der Waals surface area contributed by atoms with Gasteiger partial charge in [0.2, 0.25) is 17.8 Å². The van der Waals surface area contributed by atoms with Gasteiger partial charge < -0.3 is 20.9 Å². The van der Waals surface area contributed by atoms with Crippen LogP contribution in [0.3, 0.4) is 0 Å². The molecule has 188 valence electrons. The van der Waals surface area contributed by atoms with Crippen LogP contribution in [0.5, 0.6) is 0 Å². The van der Waals surface area contributed by atoms with Gasteiger partial charge in [0.05, 0.1) is 4.92 Å². The van der Waals surface area contributed by atoms with Crippen LogP contribution in [-0.4, -0.2) is 56.9 Å². The number of nitro groups is 1. The van der Waals surface area contributed by atoms with Crippen LogP contribution in [0.1, 0.15) is 39.9 Å². The molecule has 2 heterocycles. The molecule has 1 saturated heterocycles. The summed E-state index contributed by atoms with van der Waals surface area (Å²) >= 11 is 0. The van der Waals surface area contributed by atoms with E-state index in [0.717, 1.165) is 29.7 Å². The minimum absolute atomic E-state index is 0.0331. The normalized spacial score (nSPS) is 13.8. The Hall–Kier alpha value is -4.28. The molecule has 1 amide bonds. The van der Waals surface area contributed by atoms with Crippen LogP contribution < -0.4 is 16.0 Å². The van der Waals surface area contributed by atoms with E-state index in [-0.39, 0.29) is 17.6 Å². The molecule has 3 N–H and O–H groups in total. The van der Waals surface area contributed by atoms with Crippen LogP contribution in [0.2, 0.25) is 0 Å². The zero-order valence-corrected chi connectivity index (χ0v) is 20.8. The number of nitrogens with zero attached hydrogens (tertiary/aromatic N) is 5. The largest absolute Gasteiger partial charge is 0.357 e. The summed E-state index contributed by atoms with van der Waals surface area (Å²) in [5.74, 6) is 1.22. The van der Waals surface area contributed by atoms with E-state index in [1.807, 2.05) is 13.8 Å². The predicted octanol–water partition coefficient (Wildman–Crippen LogP) is 4.21. The van der Waals surface area contributed by atoms with Crippen LogP contribution in [-0.2, 0) is 0 Å². The van der Waals surface area contributed by atoms with Crippen molar-refractivity contribution in [2.45, 2.75) is 39.7 Å². The van der Waals surface area contributed by atoms with E-state index in [0.29, 0.717) is 36.5 Å². The lowest BCUT2D eigenvalue weighted by molar-refractivity contribution is -0.384. The summed E-state index contributed by atoms with van der Waals surface area (Å²) in [7, 11) is 1.76. The number of benzene rings is 2. The van der Waals surface area contributed by atoms with Crippen LogP contribution in [0, 0.1) is 30.9 Å². The highest BCUT2D eigenvalue weighted by Crippen LogP contribution is 2.26. The first-order valence-corrected chi connectivity index (χ1v) is 11.8. The van der Waals surface area contributed by atoms with Crippen molar-refractivity contribution in [1.82, 2.24) is 19.9 Å². The van der Waals surface area contributed by atoms with Gasteiger partial charge in [0.1, 0.15) is 0 Å². The summed E-state index contributed by atoms with van der Waals surface area (Å²) in [5.41, 5.74) is 4.80. The average molecular weight is 491 g/mol. The van der Waals surface area contributed by atoms with Gasteiger partial charge in [-0.2, -0.15) is 15.0 Å². The molecule has 11 nitrogen and oxygen atoms in total. The van der Waals surface area contributed by atoms with Gasteiger partial charge in [-0.1, -0.05) is 17.7 Å². The van der Waals surface area contributed by atoms with E-state index in [9.17, 15) is 14.9 Å².